The van der Waals surface area contributed by atoms with Crippen molar-refractivity contribution in [3.8, 4) is 0 Å². The lowest BCUT2D eigenvalue weighted by Gasteiger charge is -2.14. The van der Waals surface area contributed by atoms with E-state index < -0.39 is 0 Å². The zero-order valence-electron chi connectivity index (χ0n) is 10.4. The molecule has 0 radical (unpaired) electrons. The fourth-order valence-electron chi connectivity index (χ4n) is 1.65. The highest BCUT2D eigenvalue weighted by molar-refractivity contribution is 7.09. The van der Waals surface area contributed by atoms with Gasteiger partial charge in [-0.15, -0.1) is 11.3 Å². The van der Waals surface area contributed by atoms with Crippen molar-refractivity contribution >= 4 is 17.2 Å². The lowest BCUT2D eigenvalue weighted by molar-refractivity contribution is 0.790. The van der Waals surface area contributed by atoms with Crippen molar-refractivity contribution in [2.75, 3.05) is 5.32 Å². The highest BCUT2D eigenvalue weighted by atomic mass is 32.1. The first kappa shape index (κ1) is 12.0. The minimum Gasteiger partial charge on any atom is -0.366 e. The molecule has 0 bridgehead atoms. The van der Waals surface area contributed by atoms with Gasteiger partial charge >= 0.3 is 0 Å². The third-order valence-corrected chi connectivity index (χ3v) is 3.57. The molecule has 0 spiro atoms. The minimum absolute atomic E-state index is 0.366. The van der Waals surface area contributed by atoms with Crippen LogP contribution in [-0.2, 0) is 6.42 Å². The Kier molecular flexibility index (Phi) is 3.74. The highest BCUT2D eigenvalue weighted by Crippen LogP contribution is 2.13. The Hall–Kier alpha value is -1.42. The van der Waals surface area contributed by atoms with Gasteiger partial charge in [0, 0.05) is 17.3 Å². The summed E-state index contributed by atoms with van der Waals surface area (Å²) in [6.45, 7) is 6.12. The van der Waals surface area contributed by atoms with Crippen molar-refractivity contribution in [1.82, 2.24) is 9.97 Å². The molecule has 0 aliphatic carbocycles. The zero-order valence-corrected chi connectivity index (χ0v) is 11.2. The van der Waals surface area contributed by atoms with Gasteiger partial charge in [0.05, 0.1) is 17.6 Å². The first-order valence-electron chi connectivity index (χ1n) is 5.74. The highest BCUT2D eigenvalue weighted by Gasteiger charge is 2.06. The quantitative estimate of drug-likeness (QED) is 0.901. The normalized spacial score (nSPS) is 12.4. The predicted octanol–water partition coefficient (Wildman–Crippen LogP) is 3.20. The number of aromatic nitrogens is 2. The molecule has 3 nitrogen and oxygen atoms in total. The van der Waals surface area contributed by atoms with Crippen molar-refractivity contribution in [2.45, 2.75) is 33.2 Å². The summed E-state index contributed by atoms with van der Waals surface area (Å²) in [6, 6.07) is 4.61. The minimum atomic E-state index is 0.366. The second-order valence-corrected chi connectivity index (χ2v) is 5.29. The van der Waals surface area contributed by atoms with Gasteiger partial charge in [0.2, 0.25) is 0 Å². The van der Waals surface area contributed by atoms with Crippen molar-refractivity contribution in [2.24, 2.45) is 0 Å². The summed E-state index contributed by atoms with van der Waals surface area (Å²) >= 11 is 1.79. The van der Waals surface area contributed by atoms with Crippen LogP contribution in [0.5, 0.6) is 0 Å². The third-order valence-electron chi connectivity index (χ3n) is 2.67. The molecule has 17 heavy (non-hydrogen) atoms. The Morgan fingerprint density at radius 3 is 2.82 bits per heavy atom. The Labute approximate surface area is 106 Å². The number of nitrogens with zero attached hydrogens (tertiary/aromatic N) is 2. The lowest BCUT2D eigenvalue weighted by Crippen LogP contribution is -2.18. The van der Waals surface area contributed by atoms with Gasteiger partial charge in [-0.3, -0.25) is 4.98 Å². The average Bonchev–Trinajstić information content (AvgIpc) is 2.76. The first-order valence-corrected chi connectivity index (χ1v) is 6.62. The van der Waals surface area contributed by atoms with Crippen LogP contribution in [0.25, 0.3) is 0 Å². The number of rotatable bonds is 4. The second-order valence-electron chi connectivity index (χ2n) is 4.25. The summed E-state index contributed by atoms with van der Waals surface area (Å²) in [7, 11) is 0. The molecule has 2 heterocycles. The van der Waals surface area contributed by atoms with Gasteiger partial charge in [-0.05, 0) is 32.2 Å². The standard InChI is InChI=1S/C13H17N3S/c1-9(7-12-5-4-6-17-12)15-13-8-14-10(2)11(3)16-13/h4-6,8-9H,7H2,1-3H3,(H,15,16). The number of thiophene rings is 1. The monoisotopic (exact) mass is 247 g/mol. The molecular formula is C13H17N3S. The summed E-state index contributed by atoms with van der Waals surface area (Å²) in [5, 5.41) is 5.49. The Bertz CT molecular complexity index is 479. The maximum absolute atomic E-state index is 4.47. The second kappa shape index (κ2) is 5.27. The topological polar surface area (TPSA) is 37.8 Å². The third kappa shape index (κ3) is 3.27. The van der Waals surface area contributed by atoms with Crippen LogP contribution < -0.4 is 5.32 Å². The van der Waals surface area contributed by atoms with E-state index in [1.54, 1.807) is 17.5 Å². The summed E-state index contributed by atoms with van der Waals surface area (Å²) in [4.78, 5) is 10.2. The molecule has 0 amide bonds. The molecule has 2 rings (SSSR count). The summed E-state index contributed by atoms with van der Waals surface area (Å²) in [6.07, 6.45) is 2.82. The van der Waals surface area contributed by atoms with Gasteiger partial charge in [-0.2, -0.15) is 0 Å². The smallest absolute Gasteiger partial charge is 0.145 e. The maximum atomic E-state index is 4.47. The number of hydrogen-bond donors (Lipinski definition) is 1. The summed E-state index contributed by atoms with van der Waals surface area (Å²) in [5.41, 5.74) is 1.97. The number of aryl methyl sites for hydroxylation is 2. The molecule has 0 fully saturated rings. The van der Waals surface area contributed by atoms with Gasteiger partial charge in [0.1, 0.15) is 5.82 Å². The van der Waals surface area contributed by atoms with Crippen molar-refractivity contribution in [1.29, 1.82) is 0 Å². The van der Waals surface area contributed by atoms with Gasteiger partial charge < -0.3 is 5.32 Å². The Morgan fingerprint density at radius 2 is 2.18 bits per heavy atom. The molecular weight excluding hydrogens is 230 g/mol. The molecule has 90 valence electrons. The van der Waals surface area contributed by atoms with E-state index in [0.717, 1.165) is 23.6 Å². The Balaban J connectivity index is 1.98. The zero-order chi connectivity index (χ0) is 12.3. The molecule has 2 aromatic rings. The Morgan fingerprint density at radius 1 is 1.35 bits per heavy atom. The number of hydrogen-bond acceptors (Lipinski definition) is 4. The molecule has 0 aromatic carbocycles. The first-order chi connectivity index (χ1) is 8.15. The average molecular weight is 247 g/mol. The van der Waals surface area contributed by atoms with Gasteiger partial charge in [0.25, 0.3) is 0 Å². The number of anilines is 1. The van der Waals surface area contributed by atoms with Gasteiger partial charge in [-0.1, -0.05) is 6.07 Å². The number of nitrogens with one attached hydrogen (secondary N) is 1. The van der Waals surface area contributed by atoms with Crippen LogP contribution in [0.4, 0.5) is 5.82 Å². The maximum Gasteiger partial charge on any atom is 0.145 e. The molecule has 0 aliphatic rings. The fraction of sp³-hybridized carbons (Fsp3) is 0.385. The molecule has 2 aromatic heterocycles. The van der Waals surface area contributed by atoms with E-state index in [1.165, 1.54) is 4.88 Å². The van der Waals surface area contributed by atoms with Crippen LogP contribution in [0.1, 0.15) is 23.2 Å². The van der Waals surface area contributed by atoms with E-state index in [0.29, 0.717) is 6.04 Å². The van der Waals surface area contributed by atoms with Gasteiger partial charge in [-0.25, -0.2) is 4.98 Å². The SMILES string of the molecule is Cc1ncc(NC(C)Cc2cccs2)nc1C. The van der Waals surface area contributed by atoms with Crippen molar-refractivity contribution in [3.63, 3.8) is 0 Å². The summed E-state index contributed by atoms with van der Waals surface area (Å²) < 4.78 is 0. The van der Waals surface area contributed by atoms with Crippen LogP contribution in [0.15, 0.2) is 23.7 Å². The van der Waals surface area contributed by atoms with E-state index in [4.69, 9.17) is 0 Å². The molecule has 4 heteroatoms. The lowest BCUT2D eigenvalue weighted by atomic mass is 10.2. The molecule has 0 saturated heterocycles. The predicted molar refractivity (Wildman–Crippen MR) is 72.6 cm³/mol. The molecule has 1 unspecified atom stereocenters. The fourth-order valence-corrected chi connectivity index (χ4v) is 2.48. The van der Waals surface area contributed by atoms with Crippen LogP contribution in [-0.4, -0.2) is 16.0 Å². The van der Waals surface area contributed by atoms with Crippen LogP contribution in [0.3, 0.4) is 0 Å². The van der Waals surface area contributed by atoms with E-state index >= 15 is 0 Å². The van der Waals surface area contributed by atoms with E-state index in [2.05, 4.69) is 39.7 Å². The van der Waals surface area contributed by atoms with Crippen molar-refractivity contribution in [3.05, 3.63) is 40.0 Å². The van der Waals surface area contributed by atoms with E-state index in [-0.39, 0.29) is 0 Å². The summed E-state index contributed by atoms with van der Waals surface area (Å²) in [5.74, 6) is 0.858. The molecule has 1 atom stereocenters. The van der Waals surface area contributed by atoms with Crippen LogP contribution in [0, 0.1) is 13.8 Å². The van der Waals surface area contributed by atoms with Crippen LogP contribution >= 0.6 is 11.3 Å². The van der Waals surface area contributed by atoms with E-state index in [9.17, 15) is 0 Å². The van der Waals surface area contributed by atoms with E-state index in [1.807, 2.05) is 13.8 Å². The largest absolute Gasteiger partial charge is 0.366 e. The van der Waals surface area contributed by atoms with Gasteiger partial charge in [0.15, 0.2) is 0 Å². The van der Waals surface area contributed by atoms with Crippen molar-refractivity contribution < 1.29 is 0 Å². The molecule has 0 aliphatic heterocycles. The molecule has 1 N–H and O–H groups in total. The molecule has 0 saturated carbocycles. The van der Waals surface area contributed by atoms with Crippen LogP contribution in [0.2, 0.25) is 0 Å².